The first-order valence-corrected chi connectivity index (χ1v) is 13.7. The lowest BCUT2D eigenvalue weighted by Gasteiger charge is -2.19. The molecule has 4 N–H and O–H groups in total. The molecule has 214 valence electrons. The molecule has 0 aliphatic heterocycles. The fourth-order valence-corrected chi connectivity index (χ4v) is 4.00. The van der Waals surface area contributed by atoms with Gasteiger partial charge in [0.1, 0.15) is 18.3 Å². The van der Waals surface area contributed by atoms with E-state index in [-0.39, 0.29) is 37.0 Å². The van der Waals surface area contributed by atoms with Crippen LogP contribution >= 0.6 is 0 Å². The van der Waals surface area contributed by atoms with Crippen LogP contribution in [0.25, 0.3) is 0 Å². The highest BCUT2D eigenvalue weighted by Crippen LogP contribution is 2.18. The van der Waals surface area contributed by atoms with Gasteiger partial charge in [-0.2, -0.15) is 0 Å². The van der Waals surface area contributed by atoms with Crippen LogP contribution in [0.15, 0.2) is 53.5 Å². The molecule has 1 aliphatic rings. The third-order valence-electron chi connectivity index (χ3n) is 6.82. The molecule has 3 rings (SSSR count). The van der Waals surface area contributed by atoms with Crippen LogP contribution in [0.2, 0.25) is 0 Å². The number of amides is 4. The fourth-order valence-electron chi connectivity index (χ4n) is 4.00. The van der Waals surface area contributed by atoms with Gasteiger partial charge in [0.2, 0.25) is 17.6 Å². The van der Waals surface area contributed by atoms with E-state index in [4.69, 9.17) is 0 Å². The van der Waals surface area contributed by atoms with Crippen LogP contribution in [0.4, 0.5) is 5.69 Å². The highest BCUT2D eigenvalue weighted by Gasteiger charge is 2.28. The average Bonchev–Trinajstić information content (AvgIpc) is 3.77. The van der Waals surface area contributed by atoms with Gasteiger partial charge in [0.05, 0.1) is 0 Å². The first-order valence-electron chi connectivity index (χ1n) is 13.7. The maximum atomic E-state index is 13.2. The Hall–Kier alpha value is -4.28. The molecule has 40 heavy (non-hydrogen) atoms. The summed E-state index contributed by atoms with van der Waals surface area (Å²) in [6.45, 7) is 4.38. The second-order valence-electron chi connectivity index (χ2n) is 9.93. The molecule has 0 bridgehead atoms. The van der Waals surface area contributed by atoms with E-state index in [0.29, 0.717) is 18.0 Å². The summed E-state index contributed by atoms with van der Waals surface area (Å²) in [5.74, 6) is -2.66. The first-order chi connectivity index (χ1) is 19.2. The van der Waals surface area contributed by atoms with Crippen LogP contribution < -0.4 is 26.8 Å². The molecule has 0 spiro atoms. The van der Waals surface area contributed by atoms with Crippen molar-refractivity contribution in [3.05, 3.63) is 64.6 Å². The molecule has 1 heterocycles. The molecule has 11 heteroatoms. The van der Waals surface area contributed by atoms with E-state index >= 15 is 0 Å². The second kappa shape index (κ2) is 14.8. The third kappa shape index (κ3) is 9.18. The number of rotatable bonds is 15. The Morgan fingerprint density at radius 1 is 0.975 bits per heavy atom. The zero-order valence-electron chi connectivity index (χ0n) is 22.9. The van der Waals surface area contributed by atoms with E-state index in [1.807, 2.05) is 13.8 Å². The Bertz CT molecular complexity index is 1270. The normalized spacial score (nSPS) is 13.3. The van der Waals surface area contributed by atoms with Crippen molar-refractivity contribution in [2.75, 3.05) is 11.9 Å². The van der Waals surface area contributed by atoms with Crippen LogP contribution in [-0.4, -0.2) is 52.6 Å². The number of ketones is 1. The summed E-state index contributed by atoms with van der Waals surface area (Å²) in [5.41, 5.74) is -0.377. The van der Waals surface area contributed by atoms with Crippen molar-refractivity contribution in [1.29, 1.82) is 0 Å². The van der Waals surface area contributed by atoms with Crippen molar-refractivity contribution in [2.45, 2.75) is 71.0 Å². The predicted molar refractivity (Wildman–Crippen MR) is 150 cm³/mol. The predicted octanol–water partition coefficient (Wildman–Crippen LogP) is 1.77. The summed E-state index contributed by atoms with van der Waals surface area (Å²) in [5, 5.41) is 10.6. The number of hydrogen-bond acceptors (Lipinski definition) is 6. The molecule has 1 fully saturated rings. The van der Waals surface area contributed by atoms with Crippen molar-refractivity contribution < 1.29 is 24.0 Å². The zero-order chi connectivity index (χ0) is 29.1. The summed E-state index contributed by atoms with van der Waals surface area (Å²) < 4.78 is 1.18. The minimum absolute atomic E-state index is 0.00961. The van der Waals surface area contributed by atoms with Gasteiger partial charge in [0, 0.05) is 30.8 Å². The summed E-state index contributed by atoms with van der Waals surface area (Å²) >= 11 is 0. The van der Waals surface area contributed by atoms with Crippen LogP contribution in [0.1, 0.15) is 62.7 Å². The fraction of sp³-hybridized carbons (Fsp3) is 0.448. The number of carbonyl (C=O) groups is 5. The lowest BCUT2D eigenvalue weighted by molar-refractivity contribution is -0.138. The topological polar surface area (TPSA) is 155 Å². The van der Waals surface area contributed by atoms with Crippen LogP contribution in [-0.2, 0) is 25.7 Å². The Labute approximate surface area is 233 Å². The molecule has 1 aromatic carbocycles. The Morgan fingerprint density at radius 3 is 2.33 bits per heavy atom. The van der Waals surface area contributed by atoms with Gasteiger partial charge in [0.15, 0.2) is 0 Å². The first kappa shape index (κ1) is 30.3. The molecule has 1 aliphatic carbocycles. The van der Waals surface area contributed by atoms with E-state index in [9.17, 15) is 28.8 Å². The van der Waals surface area contributed by atoms with E-state index in [0.717, 1.165) is 25.7 Å². The summed E-state index contributed by atoms with van der Waals surface area (Å²) in [4.78, 5) is 75.8. The van der Waals surface area contributed by atoms with Gasteiger partial charge in [-0.05, 0) is 49.4 Å². The van der Waals surface area contributed by atoms with Crippen molar-refractivity contribution in [2.24, 2.45) is 5.92 Å². The number of anilines is 1. The lowest BCUT2D eigenvalue weighted by Crippen LogP contribution is -2.45. The molecule has 1 saturated carbocycles. The van der Waals surface area contributed by atoms with Gasteiger partial charge in [-0.3, -0.25) is 28.8 Å². The van der Waals surface area contributed by atoms with Crippen LogP contribution in [0.5, 0.6) is 0 Å². The molecule has 4 amide bonds. The van der Waals surface area contributed by atoms with Gasteiger partial charge >= 0.3 is 0 Å². The largest absolute Gasteiger partial charge is 0.354 e. The molecule has 0 radical (unpaired) electrons. The van der Waals surface area contributed by atoms with E-state index < -0.39 is 35.1 Å². The van der Waals surface area contributed by atoms with Crippen LogP contribution in [0, 0.1) is 5.92 Å². The lowest BCUT2D eigenvalue weighted by atomic mass is 10.0. The molecule has 1 aromatic heterocycles. The number of nitrogens with zero attached hydrogens (tertiary/aromatic N) is 1. The molecular weight excluding hydrogens is 514 g/mol. The van der Waals surface area contributed by atoms with E-state index in [2.05, 4.69) is 21.3 Å². The number of hydrogen-bond donors (Lipinski definition) is 4. The maximum Gasteiger partial charge on any atom is 0.287 e. The highest BCUT2D eigenvalue weighted by molar-refractivity contribution is 6.36. The number of nitrogens with one attached hydrogen (secondary N) is 4. The van der Waals surface area contributed by atoms with E-state index in [1.165, 1.54) is 22.9 Å². The van der Waals surface area contributed by atoms with Gasteiger partial charge in [-0.1, -0.05) is 44.9 Å². The van der Waals surface area contributed by atoms with Gasteiger partial charge in [-0.15, -0.1) is 0 Å². The van der Waals surface area contributed by atoms with Gasteiger partial charge in [0.25, 0.3) is 17.4 Å². The number of carbonyl (C=O) groups excluding carboxylic acids is 5. The molecule has 1 unspecified atom stereocenters. The maximum absolute atomic E-state index is 13.2. The van der Waals surface area contributed by atoms with Crippen LogP contribution in [0.3, 0.4) is 0 Å². The molecule has 1 atom stereocenters. The van der Waals surface area contributed by atoms with Gasteiger partial charge in [-0.25, -0.2) is 0 Å². The Balaban J connectivity index is 1.69. The summed E-state index contributed by atoms with van der Waals surface area (Å²) in [7, 11) is 0. The second-order valence-corrected chi connectivity index (χ2v) is 9.93. The van der Waals surface area contributed by atoms with Crippen molar-refractivity contribution >= 4 is 35.1 Å². The minimum atomic E-state index is -1.21. The quantitative estimate of drug-likeness (QED) is 0.247. The SMILES string of the molecule is CCC(CC)CNC(=O)Cn1cccc(NC(=O)C(CCC(=O)C(=O)NC2CC2)NC(=O)c2ccccc2)c1=O. The van der Waals surface area contributed by atoms with E-state index in [1.54, 1.807) is 30.3 Å². The van der Waals surface area contributed by atoms with Gasteiger partial charge < -0.3 is 25.8 Å². The molecule has 0 saturated heterocycles. The molecule has 11 nitrogen and oxygen atoms in total. The minimum Gasteiger partial charge on any atom is -0.354 e. The summed E-state index contributed by atoms with van der Waals surface area (Å²) in [6.07, 6.45) is 4.52. The Kier molecular flexibility index (Phi) is 11.2. The van der Waals surface area contributed by atoms with Crippen molar-refractivity contribution in [3.63, 3.8) is 0 Å². The zero-order valence-corrected chi connectivity index (χ0v) is 22.9. The number of benzene rings is 1. The summed E-state index contributed by atoms with van der Waals surface area (Å²) in [6, 6.07) is 9.94. The van der Waals surface area contributed by atoms with Crippen molar-refractivity contribution in [1.82, 2.24) is 20.5 Å². The van der Waals surface area contributed by atoms with Crippen molar-refractivity contribution in [3.8, 4) is 0 Å². The smallest absolute Gasteiger partial charge is 0.287 e. The third-order valence-corrected chi connectivity index (χ3v) is 6.82. The number of Topliss-reactive ketones (excluding diaryl/α,β-unsaturated/α-hetero) is 1. The Morgan fingerprint density at radius 2 is 1.68 bits per heavy atom. The monoisotopic (exact) mass is 551 g/mol. The standard InChI is InChI=1S/C29H37N5O6/c1-3-19(4-2)17-30-25(36)18-34-16-8-11-23(29(34)40)33-27(38)22(32-26(37)20-9-6-5-7-10-20)14-15-24(35)28(39)31-21-12-13-21/h5-11,16,19,21-22H,3-4,12-15,17-18H2,1-2H3,(H,30,36)(H,31,39)(H,32,37)(H,33,38). The number of pyridine rings is 1. The highest BCUT2D eigenvalue weighted by atomic mass is 16.2. The average molecular weight is 552 g/mol. The molecular formula is C29H37N5O6. The number of aromatic nitrogens is 1. The molecule has 2 aromatic rings.